The van der Waals surface area contributed by atoms with Crippen molar-refractivity contribution in [2.24, 2.45) is 0 Å². The summed E-state index contributed by atoms with van der Waals surface area (Å²) in [7, 11) is 1.48. The van der Waals surface area contributed by atoms with Gasteiger partial charge >= 0.3 is 0 Å². The Bertz CT molecular complexity index is 633. The van der Waals surface area contributed by atoms with Crippen LogP contribution in [0.3, 0.4) is 0 Å². The van der Waals surface area contributed by atoms with Gasteiger partial charge in [0.1, 0.15) is 5.52 Å². The number of hydrogen-bond donors (Lipinski definition) is 1. The maximum Gasteiger partial charge on any atom is 0.293 e. The number of nitro groups is 1. The van der Waals surface area contributed by atoms with E-state index in [0.717, 1.165) is 0 Å². The molecular weight excluding hydrogens is 224 g/mol. The van der Waals surface area contributed by atoms with Gasteiger partial charge in [0.15, 0.2) is 5.43 Å². The predicted molar refractivity (Wildman–Crippen MR) is 61.9 cm³/mol. The fourth-order valence-electron chi connectivity index (χ4n) is 1.69. The van der Waals surface area contributed by atoms with Crippen LogP contribution in [-0.4, -0.2) is 17.0 Å². The predicted octanol–water partition coefficient (Wildman–Crippen LogP) is 1.58. The summed E-state index contributed by atoms with van der Waals surface area (Å²) in [5.41, 5.74) is 0.329. The summed E-state index contributed by atoms with van der Waals surface area (Å²) in [6.45, 7) is 0.175. The lowest BCUT2D eigenvalue weighted by Gasteiger charge is -2.02. The number of fused-ring (bicyclic) bond motifs is 1. The van der Waals surface area contributed by atoms with E-state index in [-0.39, 0.29) is 23.2 Å². The summed E-state index contributed by atoms with van der Waals surface area (Å²) in [5.74, 6) is 0. The molecule has 6 heteroatoms. The van der Waals surface area contributed by atoms with E-state index in [4.69, 9.17) is 4.74 Å². The molecule has 0 atom stereocenters. The molecule has 0 fully saturated rings. The summed E-state index contributed by atoms with van der Waals surface area (Å²) < 4.78 is 4.88. The number of pyridine rings is 1. The highest BCUT2D eigenvalue weighted by atomic mass is 16.6. The monoisotopic (exact) mass is 234 g/mol. The number of ether oxygens (including phenoxy) is 1. The average Bonchev–Trinajstić information content (AvgIpc) is 2.32. The van der Waals surface area contributed by atoms with E-state index in [2.05, 4.69) is 4.98 Å². The van der Waals surface area contributed by atoms with Gasteiger partial charge in [-0.25, -0.2) is 0 Å². The molecule has 17 heavy (non-hydrogen) atoms. The Labute approximate surface area is 96.0 Å². The number of methoxy groups -OCH3 is 1. The lowest BCUT2D eigenvalue weighted by atomic mass is 10.1. The van der Waals surface area contributed by atoms with Crippen LogP contribution in [0.4, 0.5) is 5.69 Å². The third-order valence-electron chi connectivity index (χ3n) is 2.47. The number of nitrogens with one attached hydrogen (secondary N) is 1. The second-order valence-electron chi connectivity index (χ2n) is 3.53. The number of para-hydroxylation sites is 1. The number of hydrogen-bond acceptors (Lipinski definition) is 4. The number of H-pyrrole nitrogens is 1. The van der Waals surface area contributed by atoms with E-state index in [1.165, 1.54) is 25.4 Å². The fourth-order valence-corrected chi connectivity index (χ4v) is 1.69. The number of non-ortho nitro benzene ring substituents is 1. The molecule has 1 aromatic carbocycles. The maximum atomic E-state index is 12.0. The van der Waals surface area contributed by atoms with Crippen LogP contribution in [0.25, 0.3) is 10.9 Å². The molecule has 0 spiro atoms. The van der Waals surface area contributed by atoms with E-state index in [1.54, 1.807) is 6.07 Å². The van der Waals surface area contributed by atoms with Gasteiger partial charge in [-0.3, -0.25) is 14.9 Å². The molecule has 0 unspecified atom stereocenters. The van der Waals surface area contributed by atoms with Crippen molar-refractivity contribution in [3.05, 3.63) is 50.3 Å². The van der Waals surface area contributed by atoms with Crippen LogP contribution in [0.15, 0.2) is 29.2 Å². The highest BCUT2D eigenvalue weighted by Crippen LogP contribution is 2.21. The normalized spacial score (nSPS) is 10.6. The average molecular weight is 234 g/mol. The molecule has 0 aliphatic carbocycles. The Morgan fingerprint density at radius 1 is 1.47 bits per heavy atom. The van der Waals surface area contributed by atoms with Crippen LogP contribution in [0.5, 0.6) is 0 Å². The van der Waals surface area contributed by atoms with Gasteiger partial charge < -0.3 is 9.72 Å². The number of nitro benzene ring substituents is 1. The smallest absolute Gasteiger partial charge is 0.293 e. The Balaban J connectivity index is 2.76. The first-order valence-corrected chi connectivity index (χ1v) is 4.91. The van der Waals surface area contributed by atoms with Gasteiger partial charge in [-0.05, 0) is 6.07 Å². The van der Waals surface area contributed by atoms with Gasteiger partial charge in [-0.15, -0.1) is 0 Å². The molecule has 0 bridgehead atoms. The molecule has 2 aromatic rings. The molecule has 1 heterocycles. The maximum absolute atomic E-state index is 12.0. The lowest BCUT2D eigenvalue weighted by molar-refractivity contribution is -0.383. The number of aromatic nitrogens is 1. The van der Waals surface area contributed by atoms with Crippen LogP contribution in [-0.2, 0) is 11.3 Å². The van der Waals surface area contributed by atoms with Gasteiger partial charge in [-0.2, -0.15) is 0 Å². The van der Waals surface area contributed by atoms with Gasteiger partial charge in [0.05, 0.1) is 16.9 Å². The Hall–Kier alpha value is -2.21. The summed E-state index contributed by atoms with van der Waals surface area (Å²) in [6, 6.07) is 4.40. The molecule has 88 valence electrons. The zero-order valence-corrected chi connectivity index (χ0v) is 9.10. The number of rotatable bonds is 3. The van der Waals surface area contributed by atoms with E-state index in [9.17, 15) is 14.9 Å². The van der Waals surface area contributed by atoms with Crippen LogP contribution in [0.1, 0.15) is 5.56 Å². The van der Waals surface area contributed by atoms with Gasteiger partial charge in [0.2, 0.25) is 0 Å². The van der Waals surface area contributed by atoms with Crippen molar-refractivity contribution in [2.75, 3.05) is 7.11 Å². The van der Waals surface area contributed by atoms with Crippen molar-refractivity contribution in [2.45, 2.75) is 6.61 Å². The van der Waals surface area contributed by atoms with Gasteiger partial charge in [0.25, 0.3) is 5.69 Å². The lowest BCUT2D eigenvalue weighted by Crippen LogP contribution is -2.11. The number of benzene rings is 1. The van der Waals surface area contributed by atoms with Crippen LogP contribution in [0.2, 0.25) is 0 Å². The summed E-state index contributed by atoms with van der Waals surface area (Å²) in [5, 5.41) is 11.1. The third-order valence-corrected chi connectivity index (χ3v) is 2.47. The number of nitrogens with zero attached hydrogens (tertiary/aromatic N) is 1. The molecule has 0 aliphatic heterocycles. The first-order chi connectivity index (χ1) is 8.15. The molecule has 2 rings (SSSR count). The van der Waals surface area contributed by atoms with E-state index in [1.807, 2.05) is 0 Å². The van der Waals surface area contributed by atoms with Crippen molar-refractivity contribution in [3.8, 4) is 0 Å². The largest absolute Gasteiger partial charge is 0.380 e. The molecule has 0 saturated carbocycles. The van der Waals surface area contributed by atoms with E-state index >= 15 is 0 Å². The summed E-state index contributed by atoms with van der Waals surface area (Å²) in [6.07, 6.45) is 1.45. The SMILES string of the molecule is COCc1c[nH]c2c([N+](=O)[O-])cccc2c1=O. The van der Waals surface area contributed by atoms with Crippen molar-refractivity contribution >= 4 is 16.6 Å². The van der Waals surface area contributed by atoms with Crippen molar-refractivity contribution in [1.82, 2.24) is 4.98 Å². The molecule has 0 aliphatic rings. The standard InChI is InChI=1S/C11H10N2O4/c1-17-6-7-5-12-10-8(11(7)14)3-2-4-9(10)13(15)16/h2-5H,6H2,1H3,(H,12,14). The minimum Gasteiger partial charge on any atom is -0.380 e. The van der Waals surface area contributed by atoms with E-state index < -0.39 is 4.92 Å². The van der Waals surface area contributed by atoms with Gasteiger partial charge in [0, 0.05) is 24.9 Å². The third kappa shape index (κ3) is 1.90. The minimum atomic E-state index is -0.520. The molecule has 1 aromatic heterocycles. The summed E-state index contributed by atoms with van der Waals surface area (Å²) in [4.78, 5) is 25.0. The van der Waals surface area contributed by atoms with Crippen LogP contribution < -0.4 is 5.43 Å². The molecule has 6 nitrogen and oxygen atoms in total. The van der Waals surface area contributed by atoms with Crippen LogP contribution in [0, 0.1) is 10.1 Å². The molecule has 0 radical (unpaired) electrons. The van der Waals surface area contributed by atoms with E-state index in [0.29, 0.717) is 10.9 Å². The molecule has 0 saturated heterocycles. The zero-order chi connectivity index (χ0) is 12.4. The van der Waals surface area contributed by atoms with Crippen LogP contribution >= 0.6 is 0 Å². The topological polar surface area (TPSA) is 85.2 Å². The molecular formula is C11H10N2O4. The van der Waals surface area contributed by atoms with Crippen molar-refractivity contribution in [3.63, 3.8) is 0 Å². The molecule has 1 N–H and O–H groups in total. The van der Waals surface area contributed by atoms with Crippen molar-refractivity contribution < 1.29 is 9.66 Å². The minimum absolute atomic E-state index is 0.108. The first kappa shape index (κ1) is 11.3. The first-order valence-electron chi connectivity index (χ1n) is 4.91. The molecule has 0 amide bonds. The zero-order valence-electron chi connectivity index (χ0n) is 9.10. The quantitative estimate of drug-likeness (QED) is 0.645. The Morgan fingerprint density at radius 3 is 2.88 bits per heavy atom. The second-order valence-corrected chi connectivity index (χ2v) is 3.53. The number of aromatic amines is 1. The fraction of sp³-hybridized carbons (Fsp3) is 0.182. The summed E-state index contributed by atoms with van der Waals surface area (Å²) >= 11 is 0. The second kappa shape index (κ2) is 4.34. The van der Waals surface area contributed by atoms with Gasteiger partial charge in [-0.1, -0.05) is 6.07 Å². The van der Waals surface area contributed by atoms with Crippen molar-refractivity contribution in [1.29, 1.82) is 0 Å². The highest BCUT2D eigenvalue weighted by molar-refractivity contribution is 5.87. The highest BCUT2D eigenvalue weighted by Gasteiger charge is 2.14. The Morgan fingerprint density at radius 2 is 2.24 bits per heavy atom. The Kier molecular flexibility index (Phi) is 2.88.